The second-order valence-corrected chi connectivity index (χ2v) is 8.87. The molecule has 8 heteroatoms. The van der Waals surface area contributed by atoms with Gasteiger partial charge in [0.25, 0.3) is 5.91 Å². The van der Waals surface area contributed by atoms with E-state index < -0.39 is 21.8 Å². The molecule has 3 aromatic carbocycles. The summed E-state index contributed by atoms with van der Waals surface area (Å²) in [6, 6.07) is 21.3. The first-order valence-electron chi connectivity index (χ1n) is 9.75. The summed E-state index contributed by atoms with van der Waals surface area (Å²) in [5.41, 5.74) is 1.62. The molecular weight excluding hydrogens is 414 g/mol. The summed E-state index contributed by atoms with van der Waals surface area (Å²) in [7, 11) is -3.56. The van der Waals surface area contributed by atoms with Gasteiger partial charge in [-0.3, -0.25) is 4.79 Å². The van der Waals surface area contributed by atoms with Gasteiger partial charge >= 0.3 is 6.03 Å². The van der Waals surface area contributed by atoms with Gasteiger partial charge in [0, 0.05) is 17.1 Å². The van der Waals surface area contributed by atoms with Crippen LogP contribution in [-0.4, -0.2) is 26.1 Å². The van der Waals surface area contributed by atoms with Crippen LogP contribution < -0.4 is 16.0 Å². The van der Waals surface area contributed by atoms with Gasteiger partial charge in [-0.15, -0.1) is 0 Å². The first-order valence-corrected chi connectivity index (χ1v) is 11.4. The van der Waals surface area contributed by atoms with Crippen LogP contribution >= 0.6 is 0 Å². The second-order valence-electron chi connectivity index (χ2n) is 6.80. The molecule has 0 aliphatic rings. The Kier molecular flexibility index (Phi) is 7.04. The molecule has 0 aliphatic carbocycles. The summed E-state index contributed by atoms with van der Waals surface area (Å²) >= 11 is 0. The number of sulfone groups is 1. The Balaban J connectivity index is 1.73. The molecule has 3 amide bonds. The lowest BCUT2D eigenvalue weighted by atomic mass is 10.2. The van der Waals surface area contributed by atoms with E-state index in [0.29, 0.717) is 23.5 Å². The van der Waals surface area contributed by atoms with Gasteiger partial charge in [-0.1, -0.05) is 43.3 Å². The molecule has 0 saturated carbocycles. The smallest absolute Gasteiger partial charge is 0.322 e. The van der Waals surface area contributed by atoms with Gasteiger partial charge < -0.3 is 16.0 Å². The molecule has 0 unspecified atom stereocenters. The zero-order valence-electron chi connectivity index (χ0n) is 17.0. The highest BCUT2D eigenvalue weighted by Gasteiger charge is 2.21. The molecule has 0 atom stereocenters. The number of hydrogen-bond acceptors (Lipinski definition) is 4. The van der Waals surface area contributed by atoms with E-state index >= 15 is 0 Å². The molecule has 0 aromatic heterocycles. The predicted octanol–water partition coefficient (Wildman–Crippen LogP) is 4.77. The van der Waals surface area contributed by atoms with Crippen LogP contribution in [0.15, 0.2) is 83.8 Å². The lowest BCUT2D eigenvalue weighted by molar-refractivity contribution is 0.102. The van der Waals surface area contributed by atoms with Crippen molar-refractivity contribution in [1.82, 2.24) is 0 Å². The number of carbonyl (C=O) groups excluding carboxylic acids is 2. The number of urea groups is 1. The van der Waals surface area contributed by atoms with E-state index in [4.69, 9.17) is 0 Å². The molecular formula is C23H23N3O4S. The Hall–Kier alpha value is -3.65. The third kappa shape index (κ3) is 5.93. The van der Waals surface area contributed by atoms with Gasteiger partial charge in [-0.2, -0.15) is 0 Å². The minimum atomic E-state index is -3.56. The van der Waals surface area contributed by atoms with Crippen LogP contribution in [0.3, 0.4) is 0 Å². The summed E-state index contributed by atoms with van der Waals surface area (Å²) < 4.78 is 25.0. The average Bonchev–Trinajstić information content (AvgIpc) is 2.74. The van der Waals surface area contributed by atoms with Crippen molar-refractivity contribution in [3.63, 3.8) is 0 Å². The highest BCUT2D eigenvalue weighted by molar-refractivity contribution is 7.91. The van der Waals surface area contributed by atoms with Crippen LogP contribution in [0.25, 0.3) is 0 Å². The van der Waals surface area contributed by atoms with Crippen LogP contribution in [0.4, 0.5) is 21.9 Å². The third-order valence-corrected chi connectivity index (χ3v) is 6.32. The van der Waals surface area contributed by atoms with Gasteiger partial charge in [0.05, 0.1) is 16.2 Å². The van der Waals surface area contributed by atoms with Gasteiger partial charge in [0.1, 0.15) is 0 Å². The summed E-state index contributed by atoms with van der Waals surface area (Å²) in [6.07, 6.45) is 0.455. The molecule has 160 valence electrons. The number of para-hydroxylation sites is 1. The van der Waals surface area contributed by atoms with E-state index in [1.807, 2.05) is 18.2 Å². The fraction of sp³-hybridized carbons (Fsp3) is 0.130. The fourth-order valence-electron chi connectivity index (χ4n) is 2.99. The lowest BCUT2D eigenvalue weighted by Gasteiger charge is -2.12. The van der Waals surface area contributed by atoms with E-state index in [9.17, 15) is 18.0 Å². The van der Waals surface area contributed by atoms with Crippen molar-refractivity contribution in [1.29, 1.82) is 0 Å². The van der Waals surface area contributed by atoms with Gasteiger partial charge in [-0.25, -0.2) is 13.2 Å². The number of carbonyl (C=O) groups is 2. The second kappa shape index (κ2) is 9.90. The van der Waals surface area contributed by atoms with Crippen LogP contribution in [0.5, 0.6) is 0 Å². The van der Waals surface area contributed by atoms with Gasteiger partial charge in [0.2, 0.25) is 0 Å². The molecule has 3 rings (SSSR count). The summed E-state index contributed by atoms with van der Waals surface area (Å²) in [4.78, 5) is 25.0. The maximum atomic E-state index is 12.8. The monoisotopic (exact) mass is 437 g/mol. The molecule has 0 saturated heterocycles. The Morgan fingerprint density at radius 1 is 0.742 bits per heavy atom. The van der Waals surface area contributed by atoms with E-state index in [2.05, 4.69) is 16.0 Å². The Labute approximate surface area is 181 Å². The molecule has 0 bridgehead atoms. The molecule has 31 heavy (non-hydrogen) atoms. The van der Waals surface area contributed by atoms with Crippen molar-refractivity contribution in [3.05, 3.63) is 84.4 Å². The fourth-order valence-corrected chi connectivity index (χ4v) is 4.53. The first kappa shape index (κ1) is 22.0. The molecule has 7 nitrogen and oxygen atoms in total. The highest BCUT2D eigenvalue weighted by atomic mass is 32.2. The van der Waals surface area contributed by atoms with E-state index in [1.165, 1.54) is 12.1 Å². The SMILES string of the molecule is CCCS(=O)(=O)c1ccccc1C(=O)Nc1cccc(NC(=O)Nc2ccccc2)c1. The van der Waals surface area contributed by atoms with Crippen LogP contribution in [-0.2, 0) is 9.84 Å². The zero-order chi connectivity index (χ0) is 22.3. The number of nitrogens with one attached hydrogen (secondary N) is 3. The van der Waals surface area contributed by atoms with Crippen molar-refractivity contribution in [2.45, 2.75) is 18.2 Å². The molecule has 0 fully saturated rings. The van der Waals surface area contributed by atoms with E-state index in [-0.39, 0.29) is 16.2 Å². The number of benzene rings is 3. The molecule has 0 aliphatic heterocycles. The molecule has 0 heterocycles. The van der Waals surface area contributed by atoms with Gasteiger partial charge in [-0.05, 0) is 48.9 Å². The van der Waals surface area contributed by atoms with E-state index in [1.54, 1.807) is 55.5 Å². The molecule has 0 radical (unpaired) electrons. The first-order chi connectivity index (χ1) is 14.9. The zero-order valence-corrected chi connectivity index (χ0v) is 17.8. The molecule has 3 N–H and O–H groups in total. The van der Waals surface area contributed by atoms with E-state index in [0.717, 1.165) is 0 Å². The summed E-state index contributed by atoms with van der Waals surface area (Å²) in [5.74, 6) is -0.575. The van der Waals surface area contributed by atoms with Crippen molar-refractivity contribution in [2.75, 3.05) is 21.7 Å². The van der Waals surface area contributed by atoms with Crippen LogP contribution in [0.2, 0.25) is 0 Å². The minimum absolute atomic E-state index is 0.00543. The molecule has 3 aromatic rings. The lowest BCUT2D eigenvalue weighted by Crippen LogP contribution is -2.20. The Morgan fingerprint density at radius 2 is 1.32 bits per heavy atom. The number of rotatable bonds is 7. The maximum Gasteiger partial charge on any atom is 0.323 e. The van der Waals surface area contributed by atoms with Crippen molar-refractivity contribution >= 4 is 38.8 Å². The highest BCUT2D eigenvalue weighted by Crippen LogP contribution is 2.21. The summed E-state index contributed by atoms with van der Waals surface area (Å²) in [5, 5.41) is 8.11. The van der Waals surface area contributed by atoms with Crippen molar-refractivity contribution < 1.29 is 18.0 Å². The van der Waals surface area contributed by atoms with Crippen LogP contribution in [0, 0.1) is 0 Å². The van der Waals surface area contributed by atoms with Crippen molar-refractivity contribution in [2.24, 2.45) is 0 Å². The average molecular weight is 438 g/mol. The normalized spacial score (nSPS) is 10.9. The van der Waals surface area contributed by atoms with Crippen LogP contribution in [0.1, 0.15) is 23.7 Å². The molecule has 0 spiro atoms. The number of anilines is 3. The minimum Gasteiger partial charge on any atom is -0.322 e. The quantitative estimate of drug-likeness (QED) is 0.495. The number of amides is 3. The van der Waals surface area contributed by atoms with Gasteiger partial charge in [0.15, 0.2) is 9.84 Å². The standard InChI is InChI=1S/C23H23N3O4S/c1-2-15-31(29,30)21-14-7-6-13-20(21)22(27)24-18-11-8-12-19(16-18)26-23(28)25-17-9-4-3-5-10-17/h3-14,16H,2,15H2,1H3,(H,24,27)(H2,25,26,28). The predicted molar refractivity (Wildman–Crippen MR) is 122 cm³/mol. The third-order valence-electron chi connectivity index (χ3n) is 4.35. The maximum absolute atomic E-state index is 12.8. The topological polar surface area (TPSA) is 104 Å². The summed E-state index contributed by atoms with van der Waals surface area (Å²) in [6.45, 7) is 1.77. The largest absolute Gasteiger partial charge is 0.323 e. The number of hydrogen-bond donors (Lipinski definition) is 3. The Morgan fingerprint density at radius 3 is 2.03 bits per heavy atom. The Bertz CT molecular complexity index is 1180. The van der Waals surface area contributed by atoms with Crippen molar-refractivity contribution in [3.8, 4) is 0 Å².